The van der Waals surface area contributed by atoms with Crippen LogP contribution >= 0.6 is 46.4 Å². The fourth-order valence-corrected chi connectivity index (χ4v) is 8.94. The molecule has 0 unspecified atom stereocenters. The first kappa shape index (κ1) is 52.2. The fourth-order valence-electron chi connectivity index (χ4n) is 8.31. The minimum absolute atomic E-state index is 0.0159. The number of halogens is 4. The van der Waals surface area contributed by atoms with Gasteiger partial charge in [-0.05, 0) is 120 Å². The molecule has 76 heavy (non-hydrogen) atoms. The molecule has 9 aromatic rings. The van der Waals surface area contributed by atoms with E-state index in [4.69, 9.17) is 55.9 Å². The molecule has 0 saturated carbocycles. The van der Waals surface area contributed by atoms with Crippen LogP contribution in [-0.4, -0.2) is 34.0 Å². The quantitative estimate of drug-likeness (QED) is 0.0468. The maximum atomic E-state index is 13.9. The molecule has 0 bridgehead atoms. The van der Waals surface area contributed by atoms with E-state index in [0.717, 1.165) is 0 Å². The SMILES string of the molecule is CCc1c(N=Nc2c(O)c(C(=O)Nc3ccc(NC(=O)c4cc5ccccc5c(N=Nc5cccc(C(=O)Oc6cc(Cl)ccc6Cl)c5CC)c4O)cc3)cc3ccccc23)cccc1C(=O)Oc1cc(Cl)ccc1Cl. The normalized spacial score (nSPS) is 11.3. The Hall–Kier alpha value is -8.66. The molecule has 4 N–H and O–H groups in total. The van der Waals surface area contributed by atoms with Gasteiger partial charge < -0.3 is 30.3 Å². The summed E-state index contributed by atoms with van der Waals surface area (Å²) in [6.07, 6.45) is 0.730. The van der Waals surface area contributed by atoms with Gasteiger partial charge in [0.1, 0.15) is 11.4 Å². The molecule has 0 aliphatic carbocycles. The molecule has 14 nitrogen and oxygen atoms in total. The number of hydrogen-bond donors (Lipinski definition) is 4. The van der Waals surface area contributed by atoms with Crippen molar-refractivity contribution in [1.82, 2.24) is 0 Å². The van der Waals surface area contributed by atoms with E-state index in [0.29, 0.717) is 78.3 Å². The molecule has 18 heteroatoms. The minimum Gasteiger partial charge on any atom is -0.505 e. The van der Waals surface area contributed by atoms with Crippen LogP contribution in [0.1, 0.15) is 66.4 Å². The highest BCUT2D eigenvalue weighted by Gasteiger charge is 2.23. The van der Waals surface area contributed by atoms with Gasteiger partial charge in [0.25, 0.3) is 11.8 Å². The number of rotatable bonds is 14. The number of carbonyl (C=O) groups excluding carboxylic acids is 4. The smallest absolute Gasteiger partial charge is 0.343 e. The molecule has 2 amide bonds. The summed E-state index contributed by atoms with van der Waals surface area (Å²) in [5.41, 5.74) is 2.60. The van der Waals surface area contributed by atoms with Crippen LogP contribution in [-0.2, 0) is 12.8 Å². The zero-order valence-electron chi connectivity index (χ0n) is 40.1. The number of phenolic OH excluding ortho intramolecular Hbond substituents is 2. The lowest BCUT2D eigenvalue weighted by Crippen LogP contribution is -2.13. The maximum absolute atomic E-state index is 13.9. The topological polar surface area (TPSA) is 201 Å². The summed E-state index contributed by atoms with van der Waals surface area (Å²) in [7, 11) is 0. The lowest BCUT2D eigenvalue weighted by atomic mass is 10.0. The third-order valence-electron chi connectivity index (χ3n) is 12.0. The number of esters is 2. The number of phenols is 2. The van der Waals surface area contributed by atoms with Crippen LogP contribution in [0.3, 0.4) is 0 Å². The summed E-state index contributed by atoms with van der Waals surface area (Å²) in [6, 6.07) is 42.1. The van der Waals surface area contributed by atoms with Crippen molar-refractivity contribution in [1.29, 1.82) is 0 Å². The zero-order valence-corrected chi connectivity index (χ0v) is 43.1. The van der Waals surface area contributed by atoms with Crippen LogP contribution in [0, 0.1) is 0 Å². The molecule has 9 aromatic carbocycles. The summed E-state index contributed by atoms with van der Waals surface area (Å²) in [6.45, 7) is 3.68. The molecule has 9 rings (SSSR count). The van der Waals surface area contributed by atoms with Gasteiger partial charge in [0, 0.05) is 44.3 Å². The van der Waals surface area contributed by atoms with Crippen LogP contribution in [0.5, 0.6) is 23.0 Å². The van der Waals surface area contributed by atoms with Crippen LogP contribution in [0.4, 0.5) is 34.1 Å². The first-order chi connectivity index (χ1) is 36.7. The maximum Gasteiger partial charge on any atom is 0.343 e. The monoisotopic (exact) mass is 1090 g/mol. The van der Waals surface area contributed by atoms with Gasteiger partial charge >= 0.3 is 11.9 Å². The number of hydrogen-bond acceptors (Lipinski definition) is 12. The summed E-state index contributed by atoms with van der Waals surface area (Å²) < 4.78 is 11.2. The van der Waals surface area contributed by atoms with Gasteiger partial charge in [-0.25, -0.2) is 9.59 Å². The van der Waals surface area contributed by atoms with E-state index in [1.807, 2.05) is 13.8 Å². The standard InChI is InChI=1S/C58H40Cl4N6O8/c1-3-37-41(57(73)75-49-29-33(59)19-25-45(49)61)15-9-17-47(37)65-67-51-39-13-7-5-11-31(39)27-43(53(51)69)55(71)63-35-21-23-36(24-22-35)64-56(72)44-28-32-12-6-8-14-40(32)52(54(44)70)68-66-48-18-10-16-42(38(48)4-2)58(74)76-50-30-34(60)20-26-46(50)62/h5-30,69-70H,3-4H2,1-2H3,(H,63,71)(H,64,72). The molecule has 378 valence electrons. The van der Waals surface area contributed by atoms with Crippen LogP contribution in [0.2, 0.25) is 20.1 Å². The Morgan fingerprint density at radius 1 is 0.461 bits per heavy atom. The molecular weight excluding hydrogens is 1050 g/mol. The van der Waals surface area contributed by atoms with E-state index in [1.165, 1.54) is 36.4 Å². The predicted octanol–water partition coefficient (Wildman–Crippen LogP) is 16.9. The average molecular weight is 1090 g/mol. The van der Waals surface area contributed by atoms with Gasteiger partial charge in [-0.3, -0.25) is 9.59 Å². The van der Waals surface area contributed by atoms with E-state index in [-0.39, 0.29) is 55.2 Å². The molecule has 0 aromatic heterocycles. The van der Waals surface area contributed by atoms with Crippen LogP contribution < -0.4 is 20.1 Å². The first-order valence-corrected chi connectivity index (χ1v) is 24.9. The predicted molar refractivity (Wildman–Crippen MR) is 296 cm³/mol. The highest BCUT2D eigenvalue weighted by atomic mass is 35.5. The van der Waals surface area contributed by atoms with E-state index < -0.39 is 35.3 Å². The molecule has 0 aliphatic heterocycles. The summed E-state index contributed by atoms with van der Waals surface area (Å²) in [5.74, 6) is -3.41. The van der Waals surface area contributed by atoms with Crippen molar-refractivity contribution >= 4 is 126 Å². The second-order valence-corrected chi connectivity index (χ2v) is 18.5. The van der Waals surface area contributed by atoms with E-state index in [2.05, 4.69) is 31.1 Å². The highest BCUT2D eigenvalue weighted by molar-refractivity contribution is 6.35. The first-order valence-electron chi connectivity index (χ1n) is 23.3. The largest absolute Gasteiger partial charge is 0.505 e. The average Bonchev–Trinajstić information content (AvgIpc) is 3.42. The van der Waals surface area contributed by atoms with Gasteiger partial charge in [0.15, 0.2) is 23.0 Å². The van der Waals surface area contributed by atoms with Crippen LogP contribution in [0.15, 0.2) is 178 Å². The molecular formula is C58H40Cl4N6O8. The van der Waals surface area contributed by atoms with E-state index >= 15 is 0 Å². The van der Waals surface area contributed by atoms with Crippen molar-refractivity contribution in [3.63, 3.8) is 0 Å². The molecule has 0 aliphatic rings. The van der Waals surface area contributed by atoms with Gasteiger partial charge in [-0.15, -0.1) is 10.2 Å². The number of carbonyl (C=O) groups is 4. The van der Waals surface area contributed by atoms with Gasteiger partial charge in [-0.1, -0.05) is 121 Å². The molecule has 0 spiro atoms. The second-order valence-electron chi connectivity index (χ2n) is 16.8. The highest BCUT2D eigenvalue weighted by Crippen LogP contribution is 2.43. The second kappa shape index (κ2) is 22.8. The Labute approximate surface area is 454 Å². The Balaban J connectivity index is 0.928. The number of aromatic hydroxyl groups is 2. The van der Waals surface area contributed by atoms with E-state index in [9.17, 15) is 29.4 Å². The summed E-state index contributed by atoms with van der Waals surface area (Å²) >= 11 is 24.7. The molecule has 0 fully saturated rings. The Bertz CT molecular complexity index is 3620. The lowest BCUT2D eigenvalue weighted by molar-refractivity contribution is 0.0724. The third kappa shape index (κ3) is 11.2. The number of ether oxygens (including phenoxy) is 2. The molecule has 0 atom stereocenters. The summed E-state index contributed by atoms with van der Waals surface area (Å²) in [5, 5.41) is 49.9. The Kier molecular flexibility index (Phi) is 15.7. The lowest BCUT2D eigenvalue weighted by Gasteiger charge is -2.13. The number of fused-ring (bicyclic) bond motifs is 2. The molecule has 0 saturated heterocycles. The fraction of sp³-hybridized carbons (Fsp3) is 0.0690. The van der Waals surface area contributed by atoms with Gasteiger partial charge in [0.05, 0.1) is 43.7 Å². The van der Waals surface area contributed by atoms with Crippen molar-refractivity contribution in [2.75, 3.05) is 10.6 Å². The van der Waals surface area contributed by atoms with Crippen molar-refractivity contribution in [2.24, 2.45) is 20.5 Å². The third-order valence-corrected chi connectivity index (χ3v) is 13.1. The number of nitrogens with one attached hydrogen (secondary N) is 2. The number of amides is 2. The number of anilines is 2. The number of nitrogens with zero attached hydrogens (tertiary/aromatic N) is 4. The van der Waals surface area contributed by atoms with Gasteiger partial charge in [0.2, 0.25) is 0 Å². The Morgan fingerprint density at radius 3 is 1.25 bits per heavy atom. The van der Waals surface area contributed by atoms with Crippen molar-refractivity contribution in [3.8, 4) is 23.0 Å². The minimum atomic E-state index is -0.685. The van der Waals surface area contributed by atoms with Gasteiger partial charge in [-0.2, -0.15) is 10.2 Å². The molecule has 0 heterocycles. The zero-order chi connectivity index (χ0) is 53.6. The van der Waals surface area contributed by atoms with Crippen molar-refractivity contribution in [2.45, 2.75) is 26.7 Å². The summed E-state index contributed by atoms with van der Waals surface area (Å²) in [4.78, 5) is 54.6. The van der Waals surface area contributed by atoms with Crippen molar-refractivity contribution < 1.29 is 38.9 Å². The van der Waals surface area contributed by atoms with E-state index in [1.54, 1.807) is 121 Å². The van der Waals surface area contributed by atoms with Crippen LogP contribution in [0.25, 0.3) is 21.5 Å². The molecule has 0 radical (unpaired) electrons. The number of azo groups is 2. The van der Waals surface area contributed by atoms with Crippen molar-refractivity contribution in [3.05, 3.63) is 211 Å². The Morgan fingerprint density at radius 2 is 0.855 bits per heavy atom. The number of benzene rings is 9.